The molecule has 2 heterocycles. The van der Waals surface area contributed by atoms with Gasteiger partial charge in [-0.25, -0.2) is 0 Å². The maximum atomic E-state index is 5.17. The molecule has 78 valence electrons. The third-order valence-electron chi connectivity index (χ3n) is 2.37. The molecule has 5 nitrogen and oxygen atoms in total. The van der Waals surface area contributed by atoms with Crippen LogP contribution in [0.15, 0.2) is 4.52 Å². The summed E-state index contributed by atoms with van der Waals surface area (Å²) in [5.74, 6) is 1.45. The topological polar surface area (TPSA) is 60.2 Å². The van der Waals surface area contributed by atoms with Gasteiger partial charge in [0, 0.05) is 13.5 Å². The number of rotatable bonds is 4. The quantitative estimate of drug-likeness (QED) is 0.769. The van der Waals surface area contributed by atoms with E-state index in [2.05, 4.69) is 15.5 Å². The molecule has 1 aliphatic heterocycles. The Bertz CT molecular complexity index is 281. The molecule has 1 N–H and O–H groups in total. The van der Waals surface area contributed by atoms with Gasteiger partial charge in [-0.3, -0.25) is 0 Å². The van der Waals surface area contributed by atoms with Crippen molar-refractivity contribution in [2.24, 2.45) is 0 Å². The highest BCUT2D eigenvalue weighted by Crippen LogP contribution is 2.20. The zero-order valence-corrected chi connectivity index (χ0v) is 8.32. The minimum atomic E-state index is 0.263. The number of methoxy groups -OCH3 is 1. The summed E-state index contributed by atoms with van der Waals surface area (Å²) in [6.07, 6.45) is 2.99. The van der Waals surface area contributed by atoms with E-state index in [0.29, 0.717) is 18.9 Å². The van der Waals surface area contributed by atoms with E-state index in [1.807, 2.05) is 0 Å². The summed E-state index contributed by atoms with van der Waals surface area (Å²) in [4.78, 5) is 4.31. The molecule has 14 heavy (non-hydrogen) atoms. The zero-order valence-electron chi connectivity index (χ0n) is 8.32. The van der Waals surface area contributed by atoms with Crippen LogP contribution in [0.4, 0.5) is 0 Å². The van der Waals surface area contributed by atoms with Crippen LogP contribution in [-0.2, 0) is 11.2 Å². The maximum absolute atomic E-state index is 5.17. The molecular weight excluding hydrogens is 182 g/mol. The summed E-state index contributed by atoms with van der Waals surface area (Å²) in [7, 11) is 1.67. The number of hydrogen-bond donors (Lipinski definition) is 1. The summed E-state index contributed by atoms with van der Waals surface area (Å²) >= 11 is 0. The van der Waals surface area contributed by atoms with Gasteiger partial charge in [0.2, 0.25) is 5.89 Å². The van der Waals surface area contributed by atoms with Crippen molar-refractivity contribution in [2.45, 2.75) is 25.3 Å². The monoisotopic (exact) mass is 197 g/mol. The molecule has 0 spiro atoms. The lowest BCUT2D eigenvalue weighted by Crippen LogP contribution is -2.13. The van der Waals surface area contributed by atoms with Crippen LogP contribution in [0.25, 0.3) is 0 Å². The third kappa shape index (κ3) is 2.10. The predicted molar refractivity (Wildman–Crippen MR) is 49.9 cm³/mol. The first kappa shape index (κ1) is 9.61. The Morgan fingerprint density at radius 2 is 2.57 bits per heavy atom. The van der Waals surface area contributed by atoms with E-state index in [1.54, 1.807) is 7.11 Å². The Morgan fingerprint density at radius 1 is 1.64 bits per heavy atom. The van der Waals surface area contributed by atoms with E-state index in [0.717, 1.165) is 18.8 Å². The van der Waals surface area contributed by atoms with Gasteiger partial charge < -0.3 is 14.6 Å². The van der Waals surface area contributed by atoms with Gasteiger partial charge in [-0.1, -0.05) is 5.16 Å². The van der Waals surface area contributed by atoms with Gasteiger partial charge in [0.05, 0.1) is 12.6 Å². The van der Waals surface area contributed by atoms with Gasteiger partial charge in [0.15, 0.2) is 5.82 Å². The first-order chi connectivity index (χ1) is 6.90. The minimum Gasteiger partial charge on any atom is -0.384 e. The lowest BCUT2D eigenvalue weighted by molar-refractivity contribution is 0.199. The van der Waals surface area contributed by atoms with Gasteiger partial charge in [0.1, 0.15) is 0 Å². The van der Waals surface area contributed by atoms with Crippen molar-refractivity contribution in [3.63, 3.8) is 0 Å². The zero-order chi connectivity index (χ0) is 9.80. The second-order valence-electron chi connectivity index (χ2n) is 3.44. The molecule has 0 amide bonds. The lowest BCUT2D eigenvalue weighted by atomic mass is 10.2. The van der Waals surface area contributed by atoms with E-state index in [9.17, 15) is 0 Å². The molecule has 1 fully saturated rings. The van der Waals surface area contributed by atoms with E-state index < -0.39 is 0 Å². The summed E-state index contributed by atoms with van der Waals surface area (Å²) < 4.78 is 10.1. The Kier molecular flexibility index (Phi) is 3.10. The van der Waals surface area contributed by atoms with Crippen LogP contribution in [0.2, 0.25) is 0 Å². The highest BCUT2D eigenvalue weighted by Gasteiger charge is 2.21. The molecule has 5 heteroatoms. The molecule has 1 saturated heterocycles. The second kappa shape index (κ2) is 4.52. The van der Waals surface area contributed by atoms with Crippen LogP contribution in [0.5, 0.6) is 0 Å². The molecular formula is C9H15N3O2. The van der Waals surface area contributed by atoms with Crippen LogP contribution >= 0.6 is 0 Å². The Hall–Kier alpha value is -0.940. The highest BCUT2D eigenvalue weighted by molar-refractivity contribution is 4.95. The van der Waals surface area contributed by atoms with Crippen molar-refractivity contribution in [1.29, 1.82) is 0 Å². The fourth-order valence-electron chi connectivity index (χ4n) is 1.60. The van der Waals surface area contributed by atoms with Crippen LogP contribution < -0.4 is 5.32 Å². The Labute approximate surface area is 82.8 Å². The highest BCUT2D eigenvalue weighted by atomic mass is 16.5. The standard InChI is InChI=1S/C9H15N3O2/c1-13-6-4-8-11-9(14-12-8)7-3-2-5-10-7/h7,10H,2-6H2,1H3. The largest absolute Gasteiger partial charge is 0.384 e. The average Bonchev–Trinajstić information content (AvgIpc) is 2.85. The Morgan fingerprint density at radius 3 is 3.29 bits per heavy atom. The summed E-state index contributed by atoms with van der Waals surface area (Å²) in [6.45, 7) is 1.68. The molecule has 0 aliphatic carbocycles. The smallest absolute Gasteiger partial charge is 0.243 e. The van der Waals surface area contributed by atoms with Crippen molar-refractivity contribution < 1.29 is 9.26 Å². The molecule has 0 aromatic carbocycles. The van der Waals surface area contributed by atoms with Crippen molar-refractivity contribution in [2.75, 3.05) is 20.3 Å². The number of hydrogen-bond acceptors (Lipinski definition) is 5. The normalized spacial score (nSPS) is 21.6. The molecule has 1 aliphatic rings. The van der Waals surface area contributed by atoms with E-state index in [-0.39, 0.29) is 6.04 Å². The van der Waals surface area contributed by atoms with E-state index in [4.69, 9.17) is 9.26 Å². The molecule has 1 atom stereocenters. The van der Waals surface area contributed by atoms with Gasteiger partial charge in [-0.2, -0.15) is 4.98 Å². The van der Waals surface area contributed by atoms with Crippen LogP contribution in [-0.4, -0.2) is 30.4 Å². The summed E-state index contributed by atoms with van der Waals surface area (Å²) in [6, 6.07) is 0.263. The molecule has 0 bridgehead atoms. The van der Waals surface area contributed by atoms with E-state index >= 15 is 0 Å². The summed E-state index contributed by atoms with van der Waals surface area (Å²) in [5, 5.41) is 7.21. The van der Waals surface area contributed by atoms with Gasteiger partial charge >= 0.3 is 0 Å². The number of nitrogens with one attached hydrogen (secondary N) is 1. The van der Waals surface area contributed by atoms with Gasteiger partial charge in [-0.05, 0) is 19.4 Å². The Balaban J connectivity index is 1.94. The second-order valence-corrected chi connectivity index (χ2v) is 3.44. The fourth-order valence-corrected chi connectivity index (χ4v) is 1.60. The van der Waals surface area contributed by atoms with Crippen LogP contribution in [0, 0.1) is 0 Å². The van der Waals surface area contributed by atoms with Crippen molar-refractivity contribution in [3.8, 4) is 0 Å². The molecule has 0 saturated carbocycles. The minimum absolute atomic E-state index is 0.263. The van der Waals surface area contributed by atoms with Crippen LogP contribution in [0.1, 0.15) is 30.6 Å². The van der Waals surface area contributed by atoms with Crippen molar-refractivity contribution in [3.05, 3.63) is 11.7 Å². The van der Waals surface area contributed by atoms with Crippen molar-refractivity contribution in [1.82, 2.24) is 15.5 Å². The predicted octanol–water partition coefficient (Wildman–Crippen LogP) is 0.683. The molecule has 1 aromatic rings. The molecule has 1 unspecified atom stereocenters. The maximum Gasteiger partial charge on any atom is 0.243 e. The molecule has 2 rings (SSSR count). The fraction of sp³-hybridized carbons (Fsp3) is 0.778. The third-order valence-corrected chi connectivity index (χ3v) is 2.37. The summed E-state index contributed by atoms with van der Waals surface area (Å²) in [5.41, 5.74) is 0. The number of nitrogens with zero attached hydrogens (tertiary/aromatic N) is 2. The van der Waals surface area contributed by atoms with E-state index in [1.165, 1.54) is 6.42 Å². The first-order valence-electron chi connectivity index (χ1n) is 4.95. The molecule has 0 radical (unpaired) electrons. The van der Waals surface area contributed by atoms with Crippen LogP contribution in [0.3, 0.4) is 0 Å². The SMILES string of the molecule is COCCc1noc(C2CCCN2)n1. The first-order valence-corrected chi connectivity index (χ1v) is 4.95. The molecule has 1 aromatic heterocycles. The average molecular weight is 197 g/mol. The van der Waals surface area contributed by atoms with Crippen molar-refractivity contribution >= 4 is 0 Å². The lowest BCUT2D eigenvalue weighted by Gasteiger charge is -2.01. The van der Waals surface area contributed by atoms with Gasteiger partial charge in [0.25, 0.3) is 0 Å². The number of aromatic nitrogens is 2. The number of ether oxygens (including phenoxy) is 1. The van der Waals surface area contributed by atoms with Gasteiger partial charge in [-0.15, -0.1) is 0 Å².